The van der Waals surface area contributed by atoms with Crippen LogP contribution in [-0.4, -0.2) is 30.9 Å². The molecule has 0 bridgehead atoms. The van der Waals surface area contributed by atoms with Gasteiger partial charge in [-0.15, -0.1) is 0 Å². The first-order chi connectivity index (χ1) is 8.06. The van der Waals surface area contributed by atoms with Gasteiger partial charge in [-0.05, 0) is 20.8 Å². The maximum absolute atomic E-state index is 7.46. The van der Waals surface area contributed by atoms with Gasteiger partial charge >= 0.3 is 0 Å². The normalized spacial score (nSPS) is 13.3. The quantitative estimate of drug-likeness (QED) is 0.420. The van der Waals surface area contributed by atoms with Crippen LogP contribution in [0, 0.1) is 5.41 Å². The lowest BCUT2D eigenvalue weighted by Gasteiger charge is -2.18. The fraction of sp³-hybridized carbons (Fsp3) is 0.636. The second-order valence-corrected chi connectivity index (χ2v) is 3.75. The molecule has 0 aliphatic rings. The Labute approximate surface area is 112 Å². The van der Waals surface area contributed by atoms with Crippen molar-refractivity contribution in [2.24, 2.45) is 4.99 Å². The summed E-state index contributed by atoms with van der Waals surface area (Å²) in [5.41, 5.74) is 0.415. The van der Waals surface area contributed by atoms with Gasteiger partial charge in [0.2, 0.25) is 0 Å². The molecule has 0 aromatic rings. The Morgan fingerprint density at radius 2 is 1.82 bits per heavy atom. The van der Waals surface area contributed by atoms with E-state index in [1.165, 1.54) is 0 Å². The van der Waals surface area contributed by atoms with Gasteiger partial charge in [-0.2, -0.15) is 0 Å². The van der Waals surface area contributed by atoms with Gasteiger partial charge < -0.3 is 9.47 Å². The van der Waals surface area contributed by atoms with Crippen LogP contribution in [0.3, 0.4) is 0 Å². The second kappa shape index (κ2) is 9.59. The molecule has 0 saturated carbocycles. The van der Waals surface area contributed by atoms with Crippen LogP contribution in [0.15, 0.2) is 15.7 Å². The van der Waals surface area contributed by atoms with E-state index in [1.807, 2.05) is 13.8 Å². The average molecular weight is 281 g/mol. The predicted molar refractivity (Wildman–Crippen MR) is 72.3 cm³/mol. The predicted octanol–water partition coefficient (Wildman–Crippen LogP) is 3.53. The van der Waals surface area contributed by atoms with Gasteiger partial charge in [-0.3, -0.25) is 5.41 Å². The van der Waals surface area contributed by atoms with Crippen molar-refractivity contribution >= 4 is 34.6 Å². The van der Waals surface area contributed by atoms with E-state index in [9.17, 15) is 0 Å². The van der Waals surface area contributed by atoms with Crippen LogP contribution in [0.5, 0.6) is 0 Å². The van der Waals surface area contributed by atoms with E-state index in [-0.39, 0.29) is 10.3 Å². The molecule has 0 aromatic carbocycles. The molecule has 0 aromatic heterocycles. The summed E-state index contributed by atoms with van der Waals surface area (Å²) in [6.45, 7) is 6.51. The summed E-state index contributed by atoms with van der Waals surface area (Å²) < 4.78 is 10.7. The van der Waals surface area contributed by atoms with Gasteiger partial charge in [-0.25, -0.2) is 4.99 Å². The molecule has 0 spiro atoms. The summed E-state index contributed by atoms with van der Waals surface area (Å²) in [6.07, 6.45) is 1.39. The van der Waals surface area contributed by atoms with Crippen LogP contribution in [-0.2, 0) is 9.47 Å². The van der Waals surface area contributed by atoms with Gasteiger partial charge in [-0.1, -0.05) is 23.2 Å². The Balaban J connectivity index is 4.84. The lowest BCUT2D eigenvalue weighted by molar-refractivity contribution is -0.133. The summed E-state index contributed by atoms with van der Waals surface area (Å²) >= 11 is 11.6. The first-order valence-electron chi connectivity index (χ1n) is 5.41. The van der Waals surface area contributed by atoms with Crippen molar-refractivity contribution in [2.75, 3.05) is 13.2 Å². The molecule has 98 valence electrons. The maximum Gasteiger partial charge on any atom is 0.161 e. The van der Waals surface area contributed by atoms with Crippen molar-refractivity contribution < 1.29 is 9.47 Å². The standard InChI is InChI=1S/C11H18Cl2N2O2/c1-4-15-11(13)8(10(12)14)7-9(16-5-2)17-6-3/h4,9,14H,5-7H2,1-3H3/b11-8-,14-10?,15-4-. The van der Waals surface area contributed by atoms with Crippen LogP contribution in [0.4, 0.5) is 0 Å². The molecule has 0 fully saturated rings. The van der Waals surface area contributed by atoms with E-state index in [0.29, 0.717) is 25.2 Å². The smallest absolute Gasteiger partial charge is 0.161 e. The van der Waals surface area contributed by atoms with E-state index >= 15 is 0 Å². The summed E-state index contributed by atoms with van der Waals surface area (Å²) in [7, 11) is 0. The molecule has 4 nitrogen and oxygen atoms in total. The zero-order chi connectivity index (χ0) is 13.3. The van der Waals surface area contributed by atoms with Crippen molar-refractivity contribution in [1.29, 1.82) is 5.41 Å². The van der Waals surface area contributed by atoms with E-state index in [0.717, 1.165) is 0 Å². The molecule has 0 aliphatic carbocycles. The Kier molecular flexibility index (Phi) is 9.36. The van der Waals surface area contributed by atoms with E-state index in [1.54, 1.807) is 13.1 Å². The van der Waals surface area contributed by atoms with Gasteiger partial charge in [0.15, 0.2) is 6.29 Å². The molecule has 6 heteroatoms. The molecule has 1 N–H and O–H groups in total. The Hall–Kier alpha value is -0.420. The second-order valence-electron chi connectivity index (χ2n) is 3.02. The molecular formula is C11H18Cl2N2O2. The van der Waals surface area contributed by atoms with Crippen LogP contribution < -0.4 is 0 Å². The van der Waals surface area contributed by atoms with Crippen molar-refractivity contribution in [1.82, 2.24) is 0 Å². The summed E-state index contributed by atoms with van der Waals surface area (Å²) in [5, 5.41) is 7.50. The van der Waals surface area contributed by atoms with Crippen LogP contribution in [0.1, 0.15) is 27.2 Å². The largest absolute Gasteiger partial charge is 0.353 e. The Morgan fingerprint density at radius 1 is 1.29 bits per heavy atom. The molecule has 0 saturated heterocycles. The number of halogens is 2. The highest BCUT2D eigenvalue weighted by molar-refractivity contribution is 6.69. The first kappa shape index (κ1) is 16.6. The van der Waals surface area contributed by atoms with Crippen molar-refractivity contribution in [3.63, 3.8) is 0 Å². The molecule has 17 heavy (non-hydrogen) atoms. The monoisotopic (exact) mass is 280 g/mol. The van der Waals surface area contributed by atoms with Crippen LogP contribution in [0.2, 0.25) is 0 Å². The Morgan fingerprint density at radius 3 is 2.18 bits per heavy atom. The molecule has 0 rings (SSSR count). The fourth-order valence-corrected chi connectivity index (χ4v) is 1.64. The molecule has 0 heterocycles. The highest BCUT2D eigenvalue weighted by Gasteiger charge is 2.16. The third-order valence-electron chi connectivity index (χ3n) is 1.83. The Bertz CT molecular complexity index is 298. The SMILES string of the molecule is C/C=N\C(Cl)=C(\CC(OCC)OCC)C(=N)Cl. The van der Waals surface area contributed by atoms with Crippen molar-refractivity contribution in [3.8, 4) is 0 Å². The first-order valence-corrected chi connectivity index (χ1v) is 6.17. The number of hydrogen-bond acceptors (Lipinski definition) is 4. The van der Waals surface area contributed by atoms with Crippen LogP contribution in [0.25, 0.3) is 0 Å². The zero-order valence-electron chi connectivity index (χ0n) is 10.3. The molecular weight excluding hydrogens is 263 g/mol. The number of rotatable bonds is 8. The number of nitrogens with one attached hydrogen (secondary N) is 1. The minimum absolute atomic E-state index is 0.148. The topological polar surface area (TPSA) is 54.7 Å². The van der Waals surface area contributed by atoms with Gasteiger partial charge in [0.1, 0.15) is 10.3 Å². The van der Waals surface area contributed by atoms with Gasteiger partial charge in [0.25, 0.3) is 0 Å². The van der Waals surface area contributed by atoms with Gasteiger partial charge in [0, 0.05) is 31.4 Å². The highest BCUT2D eigenvalue weighted by atomic mass is 35.5. The van der Waals surface area contributed by atoms with Crippen molar-refractivity contribution in [3.05, 3.63) is 10.7 Å². The summed E-state index contributed by atoms with van der Waals surface area (Å²) in [4.78, 5) is 3.90. The van der Waals surface area contributed by atoms with Crippen molar-refractivity contribution in [2.45, 2.75) is 33.5 Å². The van der Waals surface area contributed by atoms with Crippen LogP contribution >= 0.6 is 23.2 Å². The minimum atomic E-state index is -0.458. The maximum atomic E-state index is 7.46. The van der Waals surface area contributed by atoms with Gasteiger partial charge in [0.05, 0.1) is 0 Å². The zero-order valence-corrected chi connectivity index (χ0v) is 11.8. The fourth-order valence-electron chi connectivity index (χ4n) is 1.16. The molecule has 0 atom stereocenters. The molecule has 0 aliphatic heterocycles. The molecule has 0 unspecified atom stereocenters. The summed E-state index contributed by atoms with van der Waals surface area (Å²) in [5.74, 6) is 0. The number of nitrogens with zero attached hydrogens (tertiary/aromatic N) is 1. The molecule has 0 radical (unpaired) electrons. The minimum Gasteiger partial charge on any atom is -0.353 e. The number of hydrogen-bond donors (Lipinski definition) is 1. The summed E-state index contributed by atoms with van der Waals surface area (Å²) in [6, 6.07) is 0. The van der Waals surface area contributed by atoms with E-state index in [4.69, 9.17) is 38.1 Å². The lowest BCUT2D eigenvalue weighted by Crippen LogP contribution is -2.19. The highest BCUT2D eigenvalue weighted by Crippen LogP contribution is 2.21. The molecule has 0 amide bonds. The van der Waals surface area contributed by atoms with E-state index in [2.05, 4.69) is 4.99 Å². The number of aliphatic imine (C=N–C) groups is 1. The lowest BCUT2D eigenvalue weighted by atomic mass is 10.2. The third kappa shape index (κ3) is 6.78. The number of ether oxygens (including phenoxy) is 2. The average Bonchev–Trinajstić information content (AvgIpc) is 2.26. The third-order valence-corrected chi connectivity index (χ3v) is 2.39. The van der Waals surface area contributed by atoms with E-state index < -0.39 is 6.29 Å².